The Kier molecular flexibility index (Phi) is 4.37. The third kappa shape index (κ3) is 2.90. The quantitative estimate of drug-likeness (QED) is 0.835. The van der Waals surface area contributed by atoms with Crippen LogP contribution in [0.4, 0.5) is 5.69 Å². The molecular formula is C16H19NO. The van der Waals surface area contributed by atoms with Crippen molar-refractivity contribution in [3.05, 3.63) is 65.7 Å². The number of para-hydroxylation sites is 1. The molecule has 0 aromatic heterocycles. The first-order valence-corrected chi connectivity index (χ1v) is 6.35. The summed E-state index contributed by atoms with van der Waals surface area (Å²) in [6.45, 7) is 2.22. The van der Waals surface area contributed by atoms with E-state index in [0.29, 0.717) is 0 Å². The van der Waals surface area contributed by atoms with E-state index >= 15 is 0 Å². The second-order valence-electron chi connectivity index (χ2n) is 4.33. The van der Waals surface area contributed by atoms with Gasteiger partial charge in [0, 0.05) is 11.3 Å². The Morgan fingerprint density at radius 3 is 2.33 bits per heavy atom. The number of benzene rings is 2. The maximum atomic E-state index is 9.33. The van der Waals surface area contributed by atoms with Crippen molar-refractivity contribution in [1.29, 1.82) is 0 Å². The van der Waals surface area contributed by atoms with E-state index in [-0.39, 0.29) is 12.6 Å². The van der Waals surface area contributed by atoms with Crippen LogP contribution in [-0.2, 0) is 6.61 Å². The lowest BCUT2D eigenvalue weighted by Crippen LogP contribution is -2.11. The first-order valence-electron chi connectivity index (χ1n) is 6.35. The van der Waals surface area contributed by atoms with Gasteiger partial charge in [0.1, 0.15) is 0 Å². The van der Waals surface area contributed by atoms with Gasteiger partial charge >= 0.3 is 0 Å². The van der Waals surface area contributed by atoms with Crippen LogP contribution in [0.5, 0.6) is 0 Å². The van der Waals surface area contributed by atoms with Crippen molar-refractivity contribution >= 4 is 5.69 Å². The standard InChI is InChI=1S/C16H19NO/c1-2-15(13-8-4-3-5-9-13)17-16-11-7-6-10-14(16)12-18/h3-11,15,17-18H,2,12H2,1H3. The number of rotatable bonds is 5. The van der Waals surface area contributed by atoms with E-state index in [9.17, 15) is 5.11 Å². The van der Waals surface area contributed by atoms with E-state index < -0.39 is 0 Å². The number of hydrogen-bond donors (Lipinski definition) is 2. The molecule has 0 aliphatic carbocycles. The van der Waals surface area contributed by atoms with E-state index in [1.54, 1.807) is 0 Å². The van der Waals surface area contributed by atoms with Crippen molar-refractivity contribution in [3.8, 4) is 0 Å². The summed E-state index contributed by atoms with van der Waals surface area (Å²) in [6, 6.07) is 18.5. The largest absolute Gasteiger partial charge is 0.392 e. The SMILES string of the molecule is CCC(Nc1ccccc1CO)c1ccccc1. The van der Waals surface area contributed by atoms with Crippen molar-refractivity contribution in [2.75, 3.05) is 5.32 Å². The molecule has 2 rings (SSSR count). The minimum absolute atomic E-state index is 0.0639. The summed E-state index contributed by atoms with van der Waals surface area (Å²) in [6.07, 6.45) is 1.00. The van der Waals surface area contributed by atoms with Gasteiger partial charge in [0.25, 0.3) is 0 Å². The number of nitrogens with one attached hydrogen (secondary N) is 1. The highest BCUT2D eigenvalue weighted by Crippen LogP contribution is 2.24. The predicted octanol–water partition coefficient (Wildman–Crippen LogP) is 3.74. The van der Waals surface area contributed by atoms with Crippen LogP contribution in [0.1, 0.15) is 30.5 Å². The van der Waals surface area contributed by atoms with E-state index in [0.717, 1.165) is 17.7 Å². The van der Waals surface area contributed by atoms with Crippen LogP contribution in [0, 0.1) is 0 Å². The Hall–Kier alpha value is -1.80. The van der Waals surface area contributed by atoms with Gasteiger partial charge in [-0.3, -0.25) is 0 Å². The molecular weight excluding hydrogens is 222 g/mol. The molecule has 0 fully saturated rings. The Labute approximate surface area is 108 Å². The summed E-state index contributed by atoms with van der Waals surface area (Å²) < 4.78 is 0. The molecule has 2 nitrogen and oxygen atoms in total. The van der Waals surface area contributed by atoms with Gasteiger partial charge in [-0.1, -0.05) is 55.5 Å². The number of hydrogen-bond acceptors (Lipinski definition) is 2. The van der Waals surface area contributed by atoms with Crippen LogP contribution in [0.15, 0.2) is 54.6 Å². The lowest BCUT2D eigenvalue weighted by atomic mass is 10.0. The molecule has 0 aliphatic rings. The zero-order chi connectivity index (χ0) is 12.8. The second kappa shape index (κ2) is 6.22. The minimum atomic E-state index is 0.0639. The fourth-order valence-electron chi connectivity index (χ4n) is 2.09. The zero-order valence-corrected chi connectivity index (χ0v) is 10.6. The molecule has 0 aliphatic heterocycles. The van der Waals surface area contributed by atoms with E-state index in [1.165, 1.54) is 5.56 Å². The monoisotopic (exact) mass is 241 g/mol. The Morgan fingerprint density at radius 1 is 1.00 bits per heavy atom. The van der Waals surface area contributed by atoms with E-state index in [4.69, 9.17) is 0 Å². The molecule has 2 N–H and O–H groups in total. The van der Waals surface area contributed by atoms with Gasteiger partial charge in [0.15, 0.2) is 0 Å². The van der Waals surface area contributed by atoms with Crippen LogP contribution in [0.3, 0.4) is 0 Å². The van der Waals surface area contributed by atoms with Crippen molar-refractivity contribution in [2.45, 2.75) is 26.0 Å². The van der Waals surface area contributed by atoms with Gasteiger partial charge in [0.05, 0.1) is 12.6 Å². The molecule has 2 aromatic rings. The van der Waals surface area contributed by atoms with Gasteiger partial charge < -0.3 is 10.4 Å². The molecule has 18 heavy (non-hydrogen) atoms. The molecule has 0 radical (unpaired) electrons. The van der Waals surface area contributed by atoms with Gasteiger partial charge in [0.2, 0.25) is 0 Å². The van der Waals surface area contributed by atoms with Gasteiger partial charge in [-0.15, -0.1) is 0 Å². The van der Waals surface area contributed by atoms with Crippen molar-refractivity contribution < 1.29 is 5.11 Å². The summed E-state index contributed by atoms with van der Waals surface area (Å²) >= 11 is 0. The Balaban J connectivity index is 2.21. The van der Waals surface area contributed by atoms with Crippen LogP contribution < -0.4 is 5.32 Å². The van der Waals surface area contributed by atoms with Gasteiger partial charge in [-0.25, -0.2) is 0 Å². The summed E-state index contributed by atoms with van der Waals surface area (Å²) in [5.74, 6) is 0. The van der Waals surface area contributed by atoms with Crippen LogP contribution in [0.2, 0.25) is 0 Å². The fourth-order valence-corrected chi connectivity index (χ4v) is 2.09. The van der Waals surface area contributed by atoms with E-state index in [1.807, 2.05) is 30.3 Å². The third-order valence-electron chi connectivity index (χ3n) is 3.13. The normalized spacial score (nSPS) is 12.1. The van der Waals surface area contributed by atoms with Crippen molar-refractivity contribution in [3.63, 3.8) is 0 Å². The second-order valence-corrected chi connectivity index (χ2v) is 4.33. The number of aliphatic hydroxyl groups excluding tert-OH is 1. The molecule has 2 heteroatoms. The maximum absolute atomic E-state index is 9.33. The van der Waals surface area contributed by atoms with E-state index in [2.05, 4.69) is 36.5 Å². The summed E-state index contributed by atoms with van der Waals surface area (Å²) in [7, 11) is 0. The fraction of sp³-hybridized carbons (Fsp3) is 0.250. The zero-order valence-electron chi connectivity index (χ0n) is 10.6. The summed E-state index contributed by atoms with van der Waals surface area (Å²) in [5, 5.41) is 12.8. The average Bonchev–Trinajstić information content (AvgIpc) is 2.46. The van der Waals surface area contributed by atoms with Crippen LogP contribution in [-0.4, -0.2) is 5.11 Å². The molecule has 0 heterocycles. The lowest BCUT2D eigenvalue weighted by Gasteiger charge is -2.20. The molecule has 1 atom stereocenters. The predicted molar refractivity (Wildman–Crippen MR) is 75.5 cm³/mol. The lowest BCUT2D eigenvalue weighted by molar-refractivity contribution is 0.282. The minimum Gasteiger partial charge on any atom is -0.392 e. The van der Waals surface area contributed by atoms with Crippen LogP contribution >= 0.6 is 0 Å². The highest BCUT2D eigenvalue weighted by molar-refractivity contribution is 5.52. The average molecular weight is 241 g/mol. The molecule has 1 unspecified atom stereocenters. The molecule has 0 saturated carbocycles. The number of aliphatic hydroxyl groups is 1. The first-order chi connectivity index (χ1) is 8.85. The molecule has 0 amide bonds. The molecule has 0 saturated heterocycles. The Bertz CT molecular complexity index is 481. The first kappa shape index (κ1) is 12.7. The molecule has 0 spiro atoms. The van der Waals surface area contributed by atoms with Crippen molar-refractivity contribution in [2.24, 2.45) is 0 Å². The van der Waals surface area contributed by atoms with Crippen LogP contribution in [0.25, 0.3) is 0 Å². The maximum Gasteiger partial charge on any atom is 0.0701 e. The summed E-state index contributed by atoms with van der Waals surface area (Å²) in [4.78, 5) is 0. The summed E-state index contributed by atoms with van der Waals surface area (Å²) in [5.41, 5.74) is 3.22. The van der Waals surface area contributed by atoms with Gasteiger partial charge in [-0.2, -0.15) is 0 Å². The highest BCUT2D eigenvalue weighted by atomic mass is 16.3. The molecule has 2 aromatic carbocycles. The topological polar surface area (TPSA) is 32.3 Å². The highest BCUT2D eigenvalue weighted by Gasteiger charge is 2.10. The Morgan fingerprint density at radius 2 is 1.67 bits per heavy atom. The molecule has 0 bridgehead atoms. The molecule has 94 valence electrons. The van der Waals surface area contributed by atoms with Crippen molar-refractivity contribution in [1.82, 2.24) is 0 Å². The smallest absolute Gasteiger partial charge is 0.0701 e. The number of anilines is 1. The third-order valence-corrected chi connectivity index (χ3v) is 3.13. The van der Waals surface area contributed by atoms with Gasteiger partial charge in [-0.05, 0) is 18.1 Å².